The monoisotopic (exact) mass is 237 g/mol. The molecule has 0 bridgehead atoms. The number of hydrogen-bond acceptors (Lipinski definition) is 1. The van der Waals surface area contributed by atoms with E-state index in [1.54, 1.807) is 6.07 Å². The van der Waals surface area contributed by atoms with Gasteiger partial charge in [0.05, 0.1) is 0 Å². The molecule has 0 saturated heterocycles. The van der Waals surface area contributed by atoms with Crippen LogP contribution in [0.3, 0.4) is 0 Å². The van der Waals surface area contributed by atoms with Crippen LogP contribution in [0.4, 0.5) is 4.39 Å². The van der Waals surface area contributed by atoms with Crippen molar-refractivity contribution >= 4 is 0 Å². The van der Waals surface area contributed by atoms with Crippen LogP contribution in [-0.2, 0) is 0 Å². The number of hydrogen-bond donors (Lipinski definition) is 1. The van der Waals surface area contributed by atoms with E-state index in [-0.39, 0.29) is 5.82 Å². The van der Waals surface area contributed by atoms with Gasteiger partial charge in [-0.05, 0) is 49.6 Å². The summed E-state index contributed by atoms with van der Waals surface area (Å²) in [4.78, 5) is 0. The predicted molar refractivity (Wildman–Crippen MR) is 71.7 cm³/mol. The SMILES string of the molecule is CCCCC(NCCC)c1cc(F)ccc1C. The summed E-state index contributed by atoms with van der Waals surface area (Å²) in [5, 5.41) is 3.52. The summed E-state index contributed by atoms with van der Waals surface area (Å²) in [5.74, 6) is -0.134. The van der Waals surface area contributed by atoms with Crippen LogP contribution in [0, 0.1) is 12.7 Å². The third-order valence-corrected chi connectivity index (χ3v) is 3.10. The van der Waals surface area contributed by atoms with Gasteiger partial charge < -0.3 is 5.32 Å². The van der Waals surface area contributed by atoms with Gasteiger partial charge in [-0.3, -0.25) is 0 Å². The highest BCUT2D eigenvalue weighted by Gasteiger charge is 2.13. The Bertz CT molecular complexity index is 328. The Balaban J connectivity index is 2.82. The summed E-state index contributed by atoms with van der Waals surface area (Å²) in [5.41, 5.74) is 2.29. The molecule has 1 nitrogen and oxygen atoms in total. The molecule has 96 valence electrons. The summed E-state index contributed by atoms with van der Waals surface area (Å²) < 4.78 is 13.3. The number of rotatable bonds is 7. The highest BCUT2D eigenvalue weighted by molar-refractivity contribution is 5.29. The molecule has 0 aromatic heterocycles. The lowest BCUT2D eigenvalue weighted by molar-refractivity contribution is 0.477. The van der Waals surface area contributed by atoms with Crippen LogP contribution in [-0.4, -0.2) is 6.54 Å². The fourth-order valence-electron chi connectivity index (χ4n) is 2.08. The van der Waals surface area contributed by atoms with Gasteiger partial charge in [0.2, 0.25) is 0 Å². The molecule has 0 saturated carbocycles. The van der Waals surface area contributed by atoms with Gasteiger partial charge in [0.15, 0.2) is 0 Å². The minimum atomic E-state index is -0.134. The number of aryl methyl sites for hydroxylation is 1. The van der Waals surface area contributed by atoms with Crippen molar-refractivity contribution in [3.05, 3.63) is 35.1 Å². The van der Waals surface area contributed by atoms with Crippen molar-refractivity contribution < 1.29 is 4.39 Å². The smallest absolute Gasteiger partial charge is 0.123 e. The lowest BCUT2D eigenvalue weighted by Crippen LogP contribution is -2.23. The van der Waals surface area contributed by atoms with Crippen LogP contribution in [0.1, 0.15) is 56.7 Å². The van der Waals surface area contributed by atoms with E-state index in [1.807, 2.05) is 6.07 Å². The Labute approximate surface area is 104 Å². The first kappa shape index (κ1) is 14.2. The highest BCUT2D eigenvalue weighted by atomic mass is 19.1. The van der Waals surface area contributed by atoms with Crippen molar-refractivity contribution in [1.82, 2.24) is 5.32 Å². The van der Waals surface area contributed by atoms with E-state index >= 15 is 0 Å². The highest BCUT2D eigenvalue weighted by Crippen LogP contribution is 2.23. The molecule has 1 rings (SSSR count). The van der Waals surface area contributed by atoms with E-state index in [2.05, 4.69) is 26.1 Å². The third kappa shape index (κ3) is 4.47. The zero-order chi connectivity index (χ0) is 12.7. The summed E-state index contributed by atoms with van der Waals surface area (Å²) in [6.45, 7) is 7.39. The molecule has 1 N–H and O–H groups in total. The Kier molecular flexibility index (Phi) is 6.20. The maximum atomic E-state index is 13.3. The Morgan fingerprint density at radius 1 is 1.24 bits per heavy atom. The maximum absolute atomic E-state index is 13.3. The standard InChI is InChI=1S/C15H24FN/c1-4-6-7-15(17-10-5-2)14-11-13(16)9-8-12(14)3/h8-9,11,15,17H,4-7,10H2,1-3H3. The average molecular weight is 237 g/mol. The molecular formula is C15H24FN. The minimum Gasteiger partial charge on any atom is -0.310 e. The quantitative estimate of drug-likeness (QED) is 0.742. The number of halogens is 1. The van der Waals surface area contributed by atoms with E-state index in [1.165, 1.54) is 24.5 Å². The van der Waals surface area contributed by atoms with E-state index in [4.69, 9.17) is 0 Å². The Morgan fingerprint density at radius 2 is 2.00 bits per heavy atom. The van der Waals surface area contributed by atoms with Gasteiger partial charge in [-0.15, -0.1) is 0 Å². The second kappa shape index (κ2) is 7.44. The lowest BCUT2D eigenvalue weighted by atomic mass is 9.96. The average Bonchev–Trinajstić information content (AvgIpc) is 2.33. The molecule has 0 aliphatic rings. The topological polar surface area (TPSA) is 12.0 Å². The molecule has 0 amide bonds. The van der Waals surface area contributed by atoms with Gasteiger partial charge >= 0.3 is 0 Å². The van der Waals surface area contributed by atoms with Crippen LogP contribution in [0.5, 0.6) is 0 Å². The molecular weight excluding hydrogens is 213 g/mol. The molecule has 0 aliphatic carbocycles. The molecule has 1 aromatic rings. The largest absolute Gasteiger partial charge is 0.310 e. The van der Waals surface area contributed by atoms with Gasteiger partial charge in [-0.2, -0.15) is 0 Å². The molecule has 1 unspecified atom stereocenters. The molecule has 1 aromatic carbocycles. The van der Waals surface area contributed by atoms with Crippen molar-refractivity contribution in [3.8, 4) is 0 Å². The van der Waals surface area contributed by atoms with Crippen LogP contribution in [0.25, 0.3) is 0 Å². The Hall–Kier alpha value is -0.890. The first-order chi connectivity index (χ1) is 8.19. The van der Waals surface area contributed by atoms with E-state index in [0.29, 0.717) is 6.04 Å². The molecule has 0 aliphatic heterocycles. The summed E-state index contributed by atoms with van der Waals surface area (Å²) >= 11 is 0. The van der Waals surface area contributed by atoms with Crippen molar-refractivity contribution in [2.24, 2.45) is 0 Å². The van der Waals surface area contributed by atoms with E-state index < -0.39 is 0 Å². The number of benzene rings is 1. The van der Waals surface area contributed by atoms with Crippen molar-refractivity contribution in [3.63, 3.8) is 0 Å². The van der Waals surface area contributed by atoms with Crippen LogP contribution in [0.15, 0.2) is 18.2 Å². The molecule has 0 fully saturated rings. The second-order valence-electron chi connectivity index (χ2n) is 4.65. The predicted octanol–water partition coefficient (Wildman–Crippen LogP) is 4.37. The van der Waals surface area contributed by atoms with Crippen molar-refractivity contribution in [1.29, 1.82) is 0 Å². The Morgan fingerprint density at radius 3 is 2.65 bits per heavy atom. The van der Waals surface area contributed by atoms with Crippen LogP contribution < -0.4 is 5.32 Å². The van der Waals surface area contributed by atoms with Crippen LogP contribution >= 0.6 is 0 Å². The van der Waals surface area contributed by atoms with Gasteiger partial charge in [-0.25, -0.2) is 4.39 Å². The van der Waals surface area contributed by atoms with Crippen LogP contribution in [0.2, 0.25) is 0 Å². The van der Waals surface area contributed by atoms with Crippen molar-refractivity contribution in [2.45, 2.75) is 52.5 Å². The molecule has 17 heavy (non-hydrogen) atoms. The summed E-state index contributed by atoms with van der Waals surface area (Å²) in [6.07, 6.45) is 4.55. The number of unbranched alkanes of at least 4 members (excludes halogenated alkanes) is 1. The van der Waals surface area contributed by atoms with E-state index in [9.17, 15) is 4.39 Å². The maximum Gasteiger partial charge on any atom is 0.123 e. The zero-order valence-electron chi connectivity index (χ0n) is 11.2. The second-order valence-corrected chi connectivity index (χ2v) is 4.65. The first-order valence-electron chi connectivity index (χ1n) is 6.68. The van der Waals surface area contributed by atoms with E-state index in [0.717, 1.165) is 24.9 Å². The summed E-state index contributed by atoms with van der Waals surface area (Å²) in [6, 6.07) is 5.39. The normalized spacial score (nSPS) is 12.7. The third-order valence-electron chi connectivity index (χ3n) is 3.10. The number of nitrogens with one attached hydrogen (secondary N) is 1. The first-order valence-corrected chi connectivity index (χ1v) is 6.68. The minimum absolute atomic E-state index is 0.134. The van der Waals surface area contributed by atoms with Gasteiger partial charge in [-0.1, -0.05) is 32.8 Å². The molecule has 0 spiro atoms. The fourth-order valence-corrected chi connectivity index (χ4v) is 2.08. The zero-order valence-corrected chi connectivity index (χ0v) is 11.2. The molecule has 2 heteroatoms. The van der Waals surface area contributed by atoms with Gasteiger partial charge in [0.25, 0.3) is 0 Å². The molecule has 0 radical (unpaired) electrons. The van der Waals surface area contributed by atoms with Gasteiger partial charge in [0.1, 0.15) is 5.82 Å². The fraction of sp³-hybridized carbons (Fsp3) is 0.600. The molecule has 1 atom stereocenters. The lowest BCUT2D eigenvalue weighted by Gasteiger charge is -2.20. The van der Waals surface area contributed by atoms with Crippen molar-refractivity contribution in [2.75, 3.05) is 6.54 Å². The molecule has 0 heterocycles. The van der Waals surface area contributed by atoms with Gasteiger partial charge in [0, 0.05) is 6.04 Å². The summed E-state index contributed by atoms with van der Waals surface area (Å²) in [7, 11) is 0.